The van der Waals surface area contributed by atoms with Crippen LogP contribution in [-0.4, -0.2) is 42.6 Å². The molecule has 0 spiro atoms. The zero-order chi connectivity index (χ0) is 17.7. The quantitative estimate of drug-likeness (QED) is 0.313. The van der Waals surface area contributed by atoms with E-state index in [1.54, 1.807) is 11.8 Å². The Kier molecular flexibility index (Phi) is 12.1. The fourth-order valence-electron chi connectivity index (χ4n) is 2.30. The predicted octanol–water partition coefficient (Wildman–Crippen LogP) is 3.74. The molecule has 1 unspecified atom stereocenters. The van der Waals surface area contributed by atoms with E-state index in [9.17, 15) is 9.36 Å². The summed E-state index contributed by atoms with van der Waals surface area (Å²) in [5.74, 6) is 2.76. The molecule has 0 aromatic carbocycles. The van der Waals surface area contributed by atoms with Crippen molar-refractivity contribution in [2.45, 2.75) is 57.8 Å². The van der Waals surface area contributed by atoms with E-state index in [2.05, 4.69) is 9.84 Å². The van der Waals surface area contributed by atoms with E-state index >= 15 is 0 Å². The summed E-state index contributed by atoms with van der Waals surface area (Å²) in [6.07, 6.45) is 10.2. The van der Waals surface area contributed by atoms with E-state index in [1.807, 2.05) is 0 Å². The second-order valence-electron chi connectivity index (χ2n) is 6.24. The number of carbonyl (C=O) groups excluding carboxylic acids is 1. The molecule has 1 aliphatic carbocycles. The van der Waals surface area contributed by atoms with Crippen LogP contribution in [0.2, 0.25) is 0 Å². The highest BCUT2D eigenvalue weighted by molar-refractivity contribution is 7.99. The second kappa shape index (κ2) is 13.2. The SMILES string of the molecule is COP(=O)(O)OCCCCCCNC(=O)CSCCCCC1CC1. The number of carbonyl (C=O) groups is 1. The predicted molar refractivity (Wildman–Crippen MR) is 98.2 cm³/mol. The van der Waals surface area contributed by atoms with Gasteiger partial charge in [-0.2, -0.15) is 11.8 Å². The van der Waals surface area contributed by atoms with E-state index in [-0.39, 0.29) is 12.5 Å². The lowest BCUT2D eigenvalue weighted by Crippen LogP contribution is -2.26. The lowest BCUT2D eigenvalue weighted by Gasteiger charge is -2.08. The van der Waals surface area contributed by atoms with Crippen molar-refractivity contribution in [1.82, 2.24) is 5.32 Å². The molecule has 142 valence electrons. The molecule has 24 heavy (non-hydrogen) atoms. The molecule has 0 aromatic heterocycles. The molecule has 1 atom stereocenters. The average molecular weight is 381 g/mol. The molecule has 6 nitrogen and oxygen atoms in total. The number of thioether (sulfide) groups is 1. The van der Waals surface area contributed by atoms with Crippen molar-refractivity contribution in [2.75, 3.05) is 31.8 Å². The Balaban J connectivity index is 1.77. The third-order valence-electron chi connectivity index (χ3n) is 3.96. The van der Waals surface area contributed by atoms with E-state index in [0.717, 1.165) is 38.0 Å². The third-order valence-corrected chi connectivity index (χ3v) is 5.97. The minimum absolute atomic E-state index is 0.117. The van der Waals surface area contributed by atoms with Crippen LogP contribution in [0.5, 0.6) is 0 Å². The van der Waals surface area contributed by atoms with Gasteiger partial charge >= 0.3 is 7.82 Å². The average Bonchev–Trinajstić information content (AvgIpc) is 3.37. The van der Waals surface area contributed by atoms with Crippen LogP contribution in [0.1, 0.15) is 57.8 Å². The van der Waals surface area contributed by atoms with E-state index in [0.29, 0.717) is 18.7 Å². The van der Waals surface area contributed by atoms with Crippen LogP contribution in [0.15, 0.2) is 0 Å². The summed E-state index contributed by atoms with van der Waals surface area (Å²) in [6.45, 7) is 0.907. The van der Waals surface area contributed by atoms with Crippen molar-refractivity contribution in [3.05, 3.63) is 0 Å². The summed E-state index contributed by atoms with van der Waals surface area (Å²) in [5.41, 5.74) is 0. The number of nitrogens with one attached hydrogen (secondary N) is 1. The van der Waals surface area contributed by atoms with Crippen molar-refractivity contribution in [3.63, 3.8) is 0 Å². The van der Waals surface area contributed by atoms with Crippen molar-refractivity contribution in [1.29, 1.82) is 0 Å². The van der Waals surface area contributed by atoms with Crippen molar-refractivity contribution in [2.24, 2.45) is 5.92 Å². The Bertz CT molecular complexity index is 393. The van der Waals surface area contributed by atoms with Crippen molar-refractivity contribution < 1.29 is 23.3 Å². The topological polar surface area (TPSA) is 84.9 Å². The summed E-state index contributed by atoms with van der Waals surface area (Å²) < 4.78 is 20.1. The first-order valence-electron chi connectivity index (χ1n) is 8.91. The number of hydrogen-bond donors (Lipinski definition) is 2. The molecule has 1 fully saturated rings. The van der Waals surface area contributed by atoms with Crippen LogP contribution in [0.3, 0.4) is 0 Å². The molecule has 0 saturated heterocycles. The molecule has 2 N–H and O–H groups in total. The lowest BCUT2D eigenvalue weighted by atomic mass is 10.2. The molecule has 1 amide bonds. The number of rotatable bonds is 16. The maximum absolute atomic E-state index is 11.6. The second-order valence-corrected chi connectivity index (χ2v) is 8.91. The van der Waals surface area contributed by atoms with Crippen LogP contribution in [0, 0.1) is 5.92 Å². The van der Waals surface area contributed by atoms with Crippen LogP contribution in [0.25, 0.3) is 0 Å². The molecular formula is C16H32NO5PS. The standard InChI is InChI=1S/C16H32NO5PS/c1-21-23(19,20)22-12-6-3-2-5-11-17-16(18)14-24-13-7-4-8-15-9-10-15/h15H,2-14H2,1H3,(H,17,18)(H,19,20). The number of phosphoric acid groups is 1. The summed E-state index contributed by atoms with van der Waals surface area (Å²) in [4.78, 5) is 20.7. The number of phosphoric ester groups is 1. The van der Waals surface area contributed by atoms with Crippen molar-refractivity contribution >= 4 is 25.5 Å². The monoisotopic (exact) mass is 381 g/mol. The molecule has 1 aliphatic rings. The minimum Gasteiger partial charge on any atom is -0.355 e. The number of amides is 1. The van der Waals surface area contributed by atoms with Crippen LogP contribution >= 0.6 is 19.6 Å². The summed E-state index contributed by atoms with van der Waals surface area (Å²) >= 11 is 1.72. The highest BCUT2D eigenvalue weighted by Gasteiger charge is 2.19. The van der Waals surface area contributed by atoms with Gasteiger partial charge in [0.2, 0.25) is 5.91 Å². The molecule has 8 heteroatoms. The molecule has 1 rings (SSSR count). The fraction of sp³-hybridized carbons (Fsp3) is 0.938. The van der Waals surface area contributed by atoms with Crippen LogP contribution < -0.4 is 5.32 Å². The van der Waals surface area contributed by atoms with Gasteiger partial charge in [-0.25, -0.2) is 4.57 Å². The van der Waals surface area contributed by atoms with E-state index in [4.69, 9.17) is 9.42 Å². The normalized spacial score (nSPS) is 16.8. The highest BCUT2D eigenvalue weighted by Crippen LogP contribution is 2.41. The molecule has 0 radical (unpaired) electrons. The Morgan fingerprint density at radius 2 is 1.96 bits per heavy atom. The van der Waals surface area contributed by atoms with E-state index in [1.165, 1.54) is 32.1 Å². The lowest BCUT2D eigenvalue weighted by molar-refractivity contribution is -0.118. The minimum atomic E-state index is -3.83. The van der Waals surface area contributed by atoms with Gasteiger partial charge < -0.3 is 10.2 Å². The summed E-state index contributed by atoms with van der Waals surface area (Å²) in [5, 5.41) is 2.93. The maximum Gasteiger partial charge on any atom is 0.471 e. The van der Waals surface area contributed by atoms with Crippen LogP contribution in [0.4, 0.5) is 0 Å². The zero-order valence-corrected chi connectivity index (χ0v) is 16.4. The Labute approximate surface area is 150 Å². The summed E-state index contributed by atoms with van der Waals surface area (Å²) in [6, 6.07) is 0. The molecule has 0 aromatic rings. The Morgan fingerprint density at radius 1 is 1.21 bits per heavy atom. The van der Waals surface area contributed by atoms with Gasteiger partial charge in [0.05, 0.1) is 12.4 Å². The van der Waals surface area contributed by atoms with Gasteiger partial charge in [-0.15, -0.1) is 0 Å². The van der Waals surface area contributed by atoms with Gasteiger partial charge in [-0.05, 0) is 30.9 Å². The van der Waals surface area contributed by atoms with Gasteiger partial charge in [0.15, 0.2) is 0 Å². The van der Waals surface area contributed by atoms with E-state index < -0.39 is 7.82 Å². The highest BCUT2D eigenvalue weighted by atomic mass is 32.2. The molecule has 0 aliphatic heterocycles. The van der Waals surface area contributed by atoms with Gasteiger partial charge in [-0.1, -0.05) is 38.5 Å². The first-order chi connectivity index (χ1) is 11.5. The van der Waals surface area contributed by atoms with Gasteiger partial charge in [0, 0.05) is 13.7 Å². The summed E-state index contributed by atoms with van der Waals surface area (Å²) in [7, 11) is -2.68. The smallest absolute Gasteiger partial charge is 0.355 e. The first kappa shape index (κ1) is 22.0. The van der Waals surface area contributed by atoms with Gasteiger partial charge in [0.1, 0.15) is 0 Å². The number of hydrogen-bond acceptors (Lipinski definition) is 5. The third kappa shape index (κ3) is 13.2. The first-order valence-corrected chi connectivity index (χ1v) is 11.6. The molecule has 0 heterocycles. The zero-order valence-electron chi connectivity index (χ0n) is 14.7. The largest absolute Gasteiger partial charge is 0.471 e. The Hall–Kier alpha value is -0.0700. The van der Waals surface area contributed by atoms with Gasteiger partial charge in [0.25, 0.3) is 0 Å². The fourth-order valence-corrected chi connectivity index (χ4v) is 3.61. The molecule has 0 bridgehead atoms. The Morgan fingerprint density at radius 3 is 2.67 bits per heavy atom. The van der Waals surface area contributed by atoms with Gasteiger partial charge in [-0.3, -0.25) is 13.8 Å². The maximum atomic E-state index is 11.6. The van der Waals surface area contributed by atoms with Crippen LogP contribution in [-0.2, 0) is 18.4 Å². The molecule has 1 saturated carbocycles. The van der Waals surface area contributed by atoms with Crippen molar-refractivity contribution in [3.8, 4) is 0 Å². The number of unbranched alkanes of at least 4 members (excludes halogenated alkanes) is 4. The molecular weight excluding hydrogens is 349 g/mol.